The minimum atomic E-state index is 0.426. The zero-order chi connectivity index (χ0) is 16.1. The maximum atomic E-state index is 5.04. The van der Waals surface area contributed by atoms with Crippen LogP contribution in [0, 0.1) is 0 Å². The third-order valence-corrected chi connectivity index (χ3v) is 5.91. The summed E-state index contributed by atoms with van der Waals surface area (Å²) in [4.78, 5) is 12.3. The lowest BCUT2D eigenvalue weighted by Crippen LogP contribution is -2.25. The van der Waals surface area contributed by atoms with E-state index in [9.17, 15) is 0 Å². The number of fused-ring (bicyclic) bond motifs is 1. The van der Waals surface area contributed by atoms with Gasteiger partial charge in [0.15, 0.2) is 5.82 Å². The van der Waals surface area contributed by atoms with Crippen molar-refractivity contribution in [3.8, 4) is 0 Å². The minimum absolute atomic E-state index is 0.426. The maximum Gasteiger partial charge on any atom is 0.153 e. The van der Waals surface area contributed by atoms with Crippen LogP contribution in [0.15, 0.2) is 0 Å². The molecule has 6 heteroatoms. The normalized spacial score (nSPS) is 24.5. The molecule has 2 aromatic heterocycles. The van der Waals surface area contributed by atoms with E-state index in [0.29, 0.717) is 12.0 Å². The monoisotopic (exact) mass is 326 g/mol. The van der Waals surface area contributed by atoms with Gasteiger partial charge < -0.3 is 4.57 Å². The van der Waals surface area contributed by atoms with E-state index >= 15 is 0 Å². The van der Waals surface area contributed by atoms with Gasteiger partial charge >= 0.3 is 0 Å². The van der Waals surface area contributed by atoms with Gasteiger partial charge in [-0.3, -0.25) is 10.00 Å². The fraction of sp³-hybridized carbons (Fsp3) is 0.722. The van der Waals surface area contributed by atoms with Gasteiger partial charge in [0.25, 0.3) is 0 Å². The quantitative estimate of drug-likeness (QED) is 0.938. The van der Waals surface area contributed by atoms with Gasteiger partial charge in [-0.25, -0.2) is 9.97 Å². The van der Waals surface area contributed by atoms with E-state index in [1.807, 2.05) is 0 Å². The molecule has 2 fully saturated rings. The Morgan fingerprint density at radius 2 is 1.96 bits per heavy atom. The summed E-state index contributed by atoms with van der Waals surface area (Å²) in [6.45, 7) is 1.99. The Morgan fingerprint density at radius 1 is 1.08 bits per heavy atom. The first-order valence-electron chi connectivity index (χ1n) is 9.49. The van der Waals surface area contributed by atoms with Crippen LogP contribution >= 0.6 is 0 Å². The first-order valence-corrected chi connectivity index (χ1v) is 9.49. The first kappa shape index (κ1) is 14.6. The molecule has 0 radical (unpaired) electrons. The summed E-state index contributed by atoms with van der Waals surface area (Å²) >= 11 is 0. The molecule has 1 aliphatic heterocycles. The van der Waals surface area contributed by atoms with E-state index in [-0.39, 0.29) is 0 Å². The zero-order valence-corrected chi connectivity index (χ0v) is 14.5. The van der Waals surface area contributed by atoms with E-state index in [0.717, 1.165) is 31.2 Å². The molecule has 0 amide bonds. The Balaban J connectivity index is 1.37. The highest BCUT2D eigenvalue weighted by molar-refractivity contribution is 5.22. The Bertz CT molecular complexity index is 741. The minimum Gasteiger partial charge on any atom is -0.334 e. The topological polar surface area (TPSA) is 62.6 Å². The Hall–Kier alpha value is -1.69. The van der Waals surface area contributed by atoms with E-state index in [1.165, 1.54) is 62.2 Å². The van der Waals surface area contributed by atoms with Crippen LogP contribution in [-0.4, -0.2) is 36.2 Å². The number of hydrogen-bond donors (Lipinski definition) is 1. The highest BCUT2D eigenvalue weighted by Crippen LogP contribution is 2.38. The Kier molecular flexibility index (Phi) is 3.47. The third-order valence-electron chi connectivity index (χ3n) is 5.91. The van der Waals surface area contributed by atoms with Gasteiger partial charge in [-0.2, -0.15) is 5.10 Å². The van der Waals surface area contributed by atoms with Gasteiger partial charge in [0.05, 0.1) is 18.3 Å². The Labute approximate surface area is 142 Å². The summed E-state index contributed by atoms with van der Waals surface area (Å²) in [5.74, 6) is 3.92. The van der Waals surface area contributed by atoms with Crippen molar-refractivity contribution in [3.05, 3.63) is 28.9 Å². The van der Waals surface area contributed by atoms with Gasteiger partial charge in [-0.05, 0) is 57.9 Å². The Morgan fingerprint density at radius 3 is 2.79 bits per heavy atom. The summed E-state index contributed by atoms with van der Waals surface area (Å²) in [5, 5.41) is 7.56. The summed E-state index contributed by atoms with van der Waals surface area (Å²) in [6.07, 6.45) is 9.90. The molecule has 0 bridgehead atoms. The molecule has 5 rings (SSSR count). The third kappa shape index (κ3) is 2.48. The van der Waals surface area contributed by atoms with Crippen LogP contribution in [0.3, 0.4) is 0 Å². The average molecular weight is 326 g/mol. The van der Waals surface area contributed by atoms with Crippen LogP contribution in [0.4, 0.5) is 0 Å². The number of aromatic nitrogens is 5. The molecule has 6 nitrogen and oxygen atoms in total. The maximum absolute atomic E-state index is 5.04. The molecule has 0 spiro atoms. The number of rotatable bonds is 4. The number of imidazole rings is 1. The van der Waals surface area contributed by atoms with Crippen molar-refractivity contribution in [3.63, 3.8) is 0 Å². The van der Waals surface area contributed by atoms with Crippen molar-refractivity contribution in [1.82, 2.24) is 29.6 Å². The molecule has 24 heavy (non-hydrogen) atoms. The highest BCUT2D eigenvalue weighted by atomic mass is 15.3. The van der Waals surface area contributed by atoms with Crippen molar-refractivity contribution in [1.29, 1.82) is 0 Å². The lowest BCUT2D eigenvalue weighted by molar-refractivity contribution is 0.230. The largest absolute Gasteiger partial charge is 0.334 e. The van der Waals surface area contributed by atoms with Gasteiger partial charge in [-0.15, -0.1) is 0 Å². The molecule has 1 saturated carbocycles. The fourth-order valence-corrected chi connectivity index (χ4v) is 4.41. The van der Waals surface area contributed by atoms with Gasteiger partial charge in [0.1, 0.15) is 11.6 Å². The van der Waals surface area contributed by atoms with Gasteiger partial charge in [0.2, 0.25) is 0 Å². The second-order valence-corrected chi connectivity index (χ2v) is 7.67. The molecule has 128 valence electrons. The van der Waals surface area contributed by atoms with Crippen molar-refractivity contribution in [2.75, 3.05) is 6.54 Å². The van der Waals surface area contributed by atoms with E-state index in [2.05, 4.69) is 26.7 Å². The lowest BCUT2D eigenvalue weighted by atomic mass is 10.0. The molecule has 1 N–H and O–H groups in total. The van der Waals surface area contributed by atoms with Crippen LogP contribution < -0.4 is 0 Å². The molecular weight excluding hydrogens is 300 g/mol. The van der Waals surface area contributed by atoms with Crippen LogP contribution in [0.5, 0.6) is 0 Å². The smallest absolute Gasteiger partial charge is 0.153 e. The van der Waals surface area contributed by atoms with Gasteiger partial charge in [0, 0.05) is 18.7 Å². The standard InChI is InChI=1S/C18H26N6/c1-23-14-6-3-2-5-13(14)19-18(23)15-7-4-10-24(15)11-16-20-17(22-21-16)12-8-9-12/h12,15H,2-11H2,1H3,(H,20,21,22)/t15-/m0/s1. The second-order valence-electron chi connectivity index (χ2n) is 7.67. The molecule has 2 aromatic rings. The second kappa shape index (κ2) is 5.69. The lowest BCUT2D eigenvalue weighted by Gasteiger charge is -2.23. The predicted octanol–water partition coefficient (Wildman–Crippen LogP) is 2.63. The number of nitrogens with zero attached hydrogens (tertiary/aromatic N) is 5. The highest BCUT2D eigenvalue weighted by Gasteiger charge is 2.33. The van der Waals surface area contributed by atoms with Crippen LogP contribution in [0.1, 0.15) is 79.3 Å². The molecule has 1 atom stereocenters. The van der Waals surface area contributed by atoms with Crippen LogP contribution in [0.25, 0.3) is 0 Å². The number of aryl methyl sites for hydroxylation is 1. The number of aromatic amines is 1. The number of likely N-dealkylation sites (tertiary alicyclic amines) is 1. The summed E-state index contributed by atoms with van der Waals surface area (Å²) < 4.78 is 2.38. The van der Waals surface area contributed by atoms with Crippen molar-refractivity contribution >= 4 is 0 Å². The van der Waals surface area contributed by atoms with Crippen molar-refractivity contribution in [2.45, 2.75) is 69.9 Å². The number of hydrogen-bond acceptors (Lipinski definition) is 4. The fourth-order valence-electron chi connectivity index (χ4n) is 4.41. The van der Waals surface area contributed by atoms with E-state index in [1.54, 1.807) is 0 Å². The predicted molar refractivity (Wildman–Crippen MR) is 90.6 cm³/mol. The van der Waals surface area contributed by atoms with Crippen LogP contribution in [-0.2, 0) is 26.4 Å². The molecular formula is C18H26N6. The van der Waals surface area contributed by atoms with Crippen molar-refractivity contribution < 1.29 is 0 Å². The first-order chi connectivity index (χ1) is 11.8. The van der Waals surface area contributed by atoms with Crippen LogP contribution in [0.2, 0.25) is 0 Å². The number of H-pyrrole nitrogens is 1. The summed E-state index contributed by atoms with van der Waals surface area (Å²) in [5.41, 5.74) is 2.82. The van der Waals surface area contributed by atoms with E-state index in [4.69, 9.17) is 9.97 Å². The van der Waals surface area contributed by atoms with E-state index < -0.39 is 0 Å². The molecule has 3 aliphatic rings. The average Bonchev–Trinajstić information content (AvgIpc) is 3.03. The molecule has 3 heterocycles. The number of nitrogens with one attached hydrogen (secondary N) is 1. The summed E-state index contributed by atoms with van der Waals surface area (Å²) in [6, 6.07) is 0.426. The molecule has 0 aromatic carbocycles. The SMILES string of the molecule is Cn1c([C@@H]2CCCN2Cc2nc(C3CC3)n[nH]2)nc2c1CCCC2. The molecule has 1 saturated heterocycles. The van der Waals surface area contributed by atoms with Gasteiger partial charge in [-0.1, -0.05) is 0 Å². The molecule has 0 unspecified atom stereocenters. The summed E-state index contributed by atoms with van der Waals surface area (Å²) in [7, 11) is 2.21. The van der Waals surface area contributed by atoms with Crippen molar-refractivity contribution in [2.24, 2.45) is 7.05 Å². The molecule has 2 aliphatic carbocycles. The zero-order valence-electron chi connectivity index (χ0n) is 14.5.